The van der Waals surface area contributed by atoms with E-state index < -0.39 is 0 Å². The molecule has 2 heterocycles. The van der Waals surface area contributed by atoms with E-state index in [0.717, 1.165) is 17.9 Å². The zero-order chi connectivity index (χ0) is 13.4. The second-order valence-electron chi connectivity index (χ2n) is 5.89. The van der Waals surface area contributed by atoms with Crippen molar-refractivity contribution in [1.82, 2.24) is 15.1 Å². The number of hydrogen-bond donors (Lipinski definition) is 2. The first-order valence-electron chi connectivity index (χ1n) is 7.21. The van der Waals surface area contributed by atoms with Crippen LogP contribution in [0.2, 0.25) is 0 Å². The van der Waals surface area contributed by atoms with Crippen LogP contribution >= 0.6 is 0 Å². The van der Waals surface area contributed by atoms with Gasteiger partial charge in [-0.2, -0.15) is 5.10 Å². The molecule has 2 N–H and O–H groups in total. The van der Waals surface area contributed by atoms with E-state index in [9.17, 15) is 4.79 Å². The predicted molar refractivity (Wildman–Crippen MR) is 73.9 cm³/mol. The summed E-state index contributed by atoms with van der Waals surface area (Å²) in [5.74, 6) is 1.55. The Morgan fingerprint density at radius 2 is 2.26 bits per heavy atom. The van der Waals surface area contributed by atoms with Crippen LogP contribution in [0.5, 0.6) is 0 Å². The van der Waals surface area contributed by atoms with E-state index in [1.54, 1.807) is 4.68 Å². The number of aromatic nitrogens is 2. The Labute approximate surface area is 113 Å². The molecule has 3 unspecified atom stereocenters. The lowest BCUT2D eigenvalue weighted by molar-refractivity contribution is -0.117. The summed E-state index contributed by atoms with van der Waals surface area (Å²) < 4.78 is 1.72. The van der Waals surface area contributed by atoms with E-state index in [1.165, 1.54) is 25.7 Å². The second-order valence-corrected chi connectivity index (χ2v) is 5.89. The Kier molecular flexibility index (Phi) is 3.31. The Hall–Kier alpha value is -1.36. The van der Waals surface area contributed by atoms with Crippen molar-refractivity contribution in [2.24, 2.45) is 13.0 Å². The maximum absolute atomic E-state index is 12.3. The normalized spacial score (nSPS) is 30.1. The smallest absolute Gasteiger partial charge is 0.242 e. The molecule has 3 atom stereocenters. The molecule has 2 fully saturated rings. The second kappa shape index (κ2) is 4.96. The van der Waals surface area contributed by atoms with Crippen molar-refractivity contribution >= 4 is 11.7 Å². The molecule has 1 amide bonds. The van der Waals surface area contributed by atoms with Crippen molar-refractivity contribution in [3.63, 3.8) is 0 Å². The minimum atomic E-state index is -0.0386. The summed E-state index contributed by atoms with van der Waals surface area (Å²) in [5, 5.41) is 10.7. The highest BCUT2D eigenvalue weighted by Gasteiger charge is 2.38. The van der Waals surface area contributed by atoms with Crippen LogP contribution in [0.3, 0.4) is 0 Å². The molecule has 19 heavy (non-hydrogen) atoms. The van der Waals surface area contributed by atoms with E-state index in [1.807, 2.05) is 20.0 Å². The van der Waals surface area contributed by atoms with E-state index in [4.69, 9.17) is 0 Å². The molecular weight excluding hydrogens is 240 g/mol. The van der Waals surface area contributed by atoms with Crippen molar-refractivity contribution in [2.75, 3.05) is 5.32 Å². The highest BCUT2D eigenvalue weighted by molar-refractivity contribution is 5.94. The van der Waals surface area contributed by atoms with Gasteiger partial charge in [0, 0.05) is 19.2 Å². The third-order valence-electron chi connectivity index (χ3n) is 4.43. The fourth-order valence-corrected chi connectivity index (χ4v) is 3.46. The maximum atomic E-state index is 12.3. The third-order valence-corrected chi connectivity index (χ3v) is 4.43. The molecule has 5 heteroatoms. The molecule has 3 rings (SSSR count). The molecule has 1 saturated heterocycles. The number of fused-ring (bicyclic) bond motifs is 1. The van der Waals surface area contributed by atoms with Crippen molar-refractivity contribution in [2.45, 2.75) is 51.1 Å². The summed E-state index contributed by atoms with van der Waals surface area (Å²) in [6, 6.07) is 2.42. The zero-order valence-electron chi connectivity index (χ0n) is 11.6. The lowest BCUT2D eigenvalue weighted by atomic mass is 9.85. The van der Waals surface area contributed by atoms with Crippen LogP contribution in [-0.2, 0) is 11.8 Å². The number of anilines is 1. The third kappa shape index (κ3) is 2.52. The summed E-state index contributed by atoms with van der Waals surface area (Å²) in [6.45, 7) is 1.93. The summed E-state index contributed by atoms with van der Waals surface area (Å²) in [5.41, 5.74) is 0.922. The summed E-state index contributed by atoms with van der Waals surface area (Å²) in [6.07, 6.45) is 6.08. The van der Waals surface area contributed by atoms with Crippen molar-refractivity contribution in [3.05, 3.63) is 11.8 Å². The first-order chi connectivity index (χ1) is 9.13. The van der Waals surface area contributed by atoms with Crippen molar-refractivity contribution in [3.8, 4) is 0 Å². The van der Waals surface area contributed by atoms with Crippen LogP contribution in [0.1, 0.15) is 37.8 Å². The van der Waals surface area contributed by atoms with E-state index in [2.05, 4.69) is 15.7 Å². The van der Waals surface area contributed by atoms with Gasteiger partial charge in [0.1, 0.15) is 5.82 Å². The van der Waals surface area contributed by atoms with Gasteiger partial charge in [-0.15, -0.1) is 0 Å². The number of carbonyl (C=O) groups excluding carboxylic acids is 1. The fourth-order valence-electron chi connectivity index (χ4n) is 3.46. The van der Waals surface area contributed by atoms with Crippen LogP contribution < -0.4 is 10.6 Å². The molecule has 0 radical (unpaired) electrons. The Morgan fingerprint density at radius 3 is 2.95 bits per heavy atom. The number of rotatable bonds is 2. The predicted octanol–water partition coefficient (Wildman–Crippen LogP) is 1.59. The molecule has 5 nitrogen and oxygen atoms in total. The van der Waals surface area contributed by atoms with Gasteiger partial charge < -0.3 is 10.6 Å². The van der Waals surface area contributed by atoms with Crippen LogP contribution in [-0.4, -0.2) is 27.8 Å². The quantitative estimate of drug-likeness (QED) is 0.851. The highest BCUT2D eigenvalue weighted by Crippen LogP contribution is 2.33. The Bertz CT molecular complexity index is 468. The van der Waals surface area contributed by atoms with Crippen LogP contribution in [0.25, 0.3) is 0 Å². The molecular formula is C14H22N4O. The molecule has 1 aromatic heterocycles. The standard InChI is InChI=1S/C14H22N4O/c1-9-7-13(18(2)17-9)16-14(19)12-8-10-5-3-4-6-11(10)15-12/h7,10-12,15H,3-6,8H2,1-2H3,(H,16,19). The van der Waals surface area contributed by atoms with Gasteiger partial charge in [0.25, 0.3) is 0 Å². The first kappa shape index (κ1) is 12.7. The van der Waals surface area contributed by atoms with Crippen LogP contribution in [0, 0.1) is 12.8 Å². The number of nitrogens with zero attached hydrogens (tertiary/aromatic N) is 2. The van der Waals surface area contributed by atoms with Crippen molar-refractivity contribution < 1.29 is 4.79 Å². The fraction of sp³-hybridized carbons (Fsp3) is 0.714. The van der Waals surface area contributed by atoms with E-state index >= 15 is 0 Å². The minimum absolute atomic E-state index is 0.0386. The highest BCUT2D eigenvalue weighted by atomic mass is 16.2. The molecule has 1 aromatic rings. The number of nitrogens with one attached hydrogen (secondary N) is 2. The Morgan fingerprint density at radius 1 is 1.47 bits per heavy atom. The molecule has 0 spiro atoms. The van der Waals surface area contributed by atoms with Gasteiger partial charge in [-0.3, -0.25) is 9.48 Å². The zero-order valence-corrected chi connectivity index (χ0v) is 11.6. The van der Waals surface area contributed by atoms with Gasteiger partial charge in [0.15, 0.2) is 0 Å². The van der Waals surface area contributed by atoms with Gasteiger partial charge in [-0.05, 0) is 32.1 Å². The summed E-state index contributed by atoms with van der Waals surface area (Å²) >= 11 is 0. The number of amides is 1. The van der Waals surface area contributed by atoms with Gasteiger partial charge in [-0.1, -0.05) is 12.8 Å². The SMILES string of the molecule is Cc1cc(NC(=O)C2CC3CCCCC3N2)n(C)n1. The summed E-state index contributed by atoms with van der Waals surface area (Å²) in [4.78, 5) is 12.3. The van der Waals surface area contributed by atoms with Gasteiger partial charge >= 0.3 is 0 Å². The molecule has 1 aliphatic carbocycles. The first-order valence-corrected chi connectivity index (χ1v) is 7.21. The largest absolute Gasteiger partial charge is 0.310 e. The van der Waals surface area contributed by atoms with E-state index in [-0.39, 0.29) is 11.9 Å². The van der Waals surface area contributed by atoms with E-state index in [0.29, 0.717) is 12.0 Å². The average Bonchev–Trinajstić information content (AvgIpc) is 2.93. The molecule has 0 aromatic carbocycles. The lowest BCUT2D eigenvalue weighted by Crippen LogP contribution is -2.40. The maximum Gasteiger partial charge on any atom is 0.242 e. The molecule has 1 aliphatic heterocycles. The van der Waals surface area contributed by atoms with Crippen LogP contribution in [0.15, 0.2) is 6.07 Å². The van der Waals surface area contributed by atoms with Gasteiger partial charge in [0.2, 0.25) is 5.91 Å². The number of hydrogen-bond acceptors (Lipinski definition) is 3. The van der Waals surface area contributed by atoms with Crippen LogP contribution in [0.4, 0.5) is 5.82 Å². The number of aryl methyl sites for hydroxylation is 2. The topological polar surface area (TPSA) is 59.0 Å². The molecule has 2 aliphatic rings. The molecule has 104 valence electrons. The van der Waals surface area contributed by atoms with Crippen molar-refractivity contribution in [1.29, 1.82) is 0 Å². The molecule has 0 bridgehead atoms. The number of carbonyl (C=O) groups is 1. The monoisotopic (exact) mass is 262 g/mol. The lowest BCUT2D eigenvalue weighted by Gasteiger charge is -2.24. The minimum Gasteiger partial charge on any atom is -0.310 e. The average molecular weight is 262 g/mol. The van der Waals surface area contributed by atoms with Gasteiger partial charge in [-0.25, -0.2) is 0 Å². The summed E-state index contributed by atoms with van der Waals surface area (Å²) in [7, 11) is 1.85. The van der Waals surface area contributed by atoms with Gasteiger partial charge in [0.05, 0.1) is 11.7 Å². The Balaban J connectivity index is 1.63. The molecule has 1 saturated carbocycles.